The molecule has 88 valence electrons. The van der Waals surface area contributed by atoms with E-state index in [9.17, 15) is 0 Å². The van der Waals surface area contributed by atoms with Gasteiger partial charge in [-0.2, -0.15) is 0 Å². The molecule has 0 aliphatic rings. The molecule has 2 aromatic rings. The summed E-state index contributed by atoms with van der Waals surface area (Å²) < 4.78 is 0. The third-order valence-corrected chi connectivity index (χ3v) is 3.54. The van der Waals surface area contributed by atoms with Crippen LogP contribution in [-0.4, -0.2) is 17.0 Å². The molecule has 1 heterocycles. The van der Waals surface area contributed by atoms with Gasteiger partial charge in [0, 0.05) is 17.6 Å². The Balaban J connectivity index is 2.30. The van der Waals surface area contributed by atoms with Crippen LogP contribution in [0.15, 0.2) is 40.3 Å². The first-order valence-electron chi connectivity index (χ1n) is 5.15. The van der Waals surface area contributed by atoms with Crippen molar-refractivity contribution in [3.63, 3.8) is 0 Å². The summed E-state index contributed by atoms with van der Waals surface area (Å²) in [6.07, 6.45) is 0. The van der Waals surface area contributed by atoms with Crippen LogP contribution in [0.25, 0.3) is 0 Å². The number of aryl methyl sites for hydroxylation is 1. The number of hydrogen-bond donors (Lipinski definition) is 1. The Morgan fingerprint density at radius 2 is 2.00 bits per heavy atom. The molecular weight excluding hydrogens is 254 g/mol. The fourth-order valence-corrected chi connectivity index (χ4v) is 2.49. The molecule has 0 saturated carbocycles. The van der Waals surface area contributed by atoms with Crippen LogP contribution in [0, 0.1) is 6.92 Å². The highest BCUT2D eigenvalue weighted by Crippen LogP contribution is 2.32. The third-order valence-electron chi connectivity index (χ3n) is 2.11. The van der Waals surface area contributed by atoms with Crippen LogP contribution >= 0.6 is 23.4 Å². The molecule has 0 aliphatic carbocycles. The Bertz CT molecular complexity index is 531. The molecule has 0 aliphatic heterocycles. The van der Waals surface area contributed by atoms with Gasteiger partial charge in [0.1, 0.15) is 5.03 Å². The number of aromatic nitrogens is 2. The van der Waals surface area contributed by atoms with E-state index < -0.39 is 0 Å². The van der Waals surface area contributed by atoms with E-state index >= 15 is 0 Å². The van der Waals surface area contributed by atoms with Gasteiger partial charge in [-0.15, -0.1) is 0 Å². The van der Waals surface area contributed by atoms with E-state index in [-0.39, 0.29) is 0 Å². The lowest BCUT2D eigenvalue weighted by atomic mass is 10.4. The van der Waals surface area contributed by atoms with E-state index in [1.165, 1.54) is 11.8 Å². The summed E-state index contributed by atoms with van der Waals surface area (Å²) in [5.41, 5.74) is 0.930. The van der Waals surface area contributed by atoms with Gasteiger partial charge in [0.15, 0.2) is 0 Å². The molecule has 5 heteroatoms. The number of halogens is 1. The maximum atomic E-state index is 6.11. The number of anilines is 1. The summed E-state index contributed by atoms with van der Waals surface area (Å²) in [5, 5.41) is 4.56. The monoisotopic (exact) mass is 265 g/mol. The topological polar surface area (TPSA) is 37.8 Å². The zero-order valence-electron chi connectivity index (χ0n) is 9.57. The maximum absolute atomic E-state index is 6.11. The molecule has 17 heavy (non-hydrogen) atoms. The number of benzene rings is 1. The van der Waals surface area contributed by atoms with Gasteiger partial charge in [-0.25, -0.2) is 9.97 Å². The molecule has 0 fully saturated rings. The summed E-state index contributed by atoms with van der Waals surface area (Å²) in [4.78, 5) is 9.61. The fraction of sp³-hybridized carbons (Fsp3) is 0.167. The zero-order valence-corrected chi connectivity index (χ0v) is 11.1. The average molecular weight is 266 g/mol. The standard InChI is InChI=1S/C12H12ClN3S/c1-8-7-11(16-12(14-2)15-8)17-10-6-4-3-5-9(10)13/h3-7H,1-2H3,(H,14,15,16). The molecule has 0 radical (unpaired) electrons. The van der Waals surface area contributed by atoms with Crippen molar-refractivity contribution in [1.82, 2.24) is 9.97 Å². The second kappa shape index (κ2) is 5.38. The minimum atomic E-state index is 0.625. The largest absolute Gasteiger partial charge is 0.357 e. The van der Waals surface area contributed by atoms with Crippen LogP contribution < -0.4 is 5.32 Å². The normalized spacial score (nSPS) is 10.3. The lowest BCUT2D eigenvalue weighted by molar-refractivity contribution is 1.01. The average Bonchev–Trinajstić information content (AvgIpc) is 2.31. The van der Waals surface area contributed by atoms with E-state index in [1.807, 2.05) is 37.3 Å². The number of nitrogens with zero attached hydrogens (tertiary/aromatic N) is 2. The molecule has 3 nitrogen and oxygen atoms in total. The van der Waals surface area contributed by atoms with Crippen molar-refractivity contribution in [1.29, 1.82) is 0 Å². The first kappa shape index (κ1) is 12.2. The van der Waals surface area contributed by atoms with E-state index in [2.05, 4.69) is 15.3 Å². The van der Waals surface area contributed by atoms with Crippen LogP contribution in [-0.2, 0) is 0 Å². The quantitative estimate of drug-likeness (QED) is 0.860. The van der Waals surface area contributed by atoms with Crippen LogP contribution in [0.1, 0.15) is 5.69 Å². The van der Waals surface area contributed by atoms with Gasteiger partial charge in [0.05, 0.1) is 5.02 Å². The van der Waals surface area contributed by atoms with Crippen LogP contribution in [0.4, 0.5) is 5.95 Å². The van der Waals surface area contributed by atoms with Gasteiger partial charge in [-0.1, -0.05) is 35.5 Å². The van der Waals surface area contributed by atoms with Crippen molar-refractivity contribution >= 4 is 29.3 Å². The molecule has 0 bridgehead atoms. The van der Waals surface area contributed by atoms with Crippen LogP contribution in [0.3, 0.4) is 0 Å². The lowest BCUT2D eigenvalue weighted by Gasteiger charge is -2.06. The molecule has 0 amide bonds. The fourth-order valence-electron chi connectivity index (χ4n) is 1.34. The first-order valence-corrected chi connectivity index (χ1v) is 6.34. The minimum Gasteiger partial charge on any atom is -0.357 e. The molecule has 1 aromatic carbocycles. The highest BCUT2D eigenvalue weighted by molar-refractivity contribution is 7.99. The van der Waals surface area contributed by atoms with Crippen molar-refractivity contribution in [2.24, 2.45) is 0 Å². The summed E-state index contributed by atoms with van der Waals surface area (Å²) in [6.45, 7) is 1.94. The number of hydrogen-bond acceptors (Lipinski definition) is 4. The first-order chi connectivity index (χ1) is 8.19. The Kier molecular flexibility index (Phi) is 3.86. The molecule has 1 aromatic heterocycles. The predicted octanol–water partition coefficient (Wildman–Crippen LogP) is 3.63. The Morgan fingerprint density at radius 3 is 2.71 bits per heavy atom. The van der Waals surface area contributed by atoms with Crippen molar-refractivity contribution in [3.8, 4) is 0 Å². The van der Waals surface area contributed by atoms with Crippen molar-refractivity contribution in [2.75, 3.05) is 12.4 Å². The van der Waals surface area contributed by atoms with Gasteiger partial charge in [0.25, 0.3) is 0 Å². The Morgan fingerprint density at radius 1 is 1.24 bits per heavy atom. The summed E-state index contributed by atoms with van der Waals surface area (Å²) in [5.74, 6) is 0.625. The number of rotatable bonds is 3. The molecule has 0 spiro atoms. The molecular formula is C12H12ClN3S. The molecule has 2 rings (SSSR count). The van der Waals surface area contributed by atoms with Crippen molar-refractivity contribution < 1.29 is 0 Å². The SMILES string of the molecule is CNc1nc(C)cc(Sc2ccccc2Cl)n1. The second-order valence-corrected chi connectivity index (χ2v) is 4.92. The summed E-state index contributed by atoms with van der Waals surface area (Å²) in [6, 6.07) is 9.66. The van der Waals surface area contributed by atoms with E-state index in [0.717, 1.165) is 20.6 Å². The predicted molar refractivity (Wildman–Crippen MR) is 71.9 cm³/mol. The maximum Gasteiger partial charge on any atom is 0.223 e. The summed E-state index contributed by atoms with van der Waals surface area (Å²) >= 11 is 7.64. The Labute approximate surface area is 110 Å². The molecule has 0 unspecified atom stereocenters. The van der Waals surface area contributed by atoms with Gasteiger partial charge >= 0.3 is 0 Å². The minimum absolute atomic E-state index is 0.625. The zero-order chi connectivity index (χ0) is 12.3. The van der Waals surface area contributed by atoms with E-state index in [4.69, 9.17) is 11.6 Å². The molecule has 0 atom stereocenters. The van der Waals surface area contributed by atoms with E-state index in [0.29, 0.717) is 5.95 Å². The smallest absolute Gasteiger partial charge is 0.223 e. The van der Waals surface area contributed by atoms with Crippen LogP contribution in [0.5, 0.6) is 0 Å². The van der Waals surface area contributed by atoms with Gasteiger partial charge in [-0.3, -0.25) is 0 Å². The van der Waals surface area contributed by atoms with Crippen molar-refractivity contribution in [3.05, 3.63) is 41.0 Å². The highest BCUT2D eigenvalue weighted by atomic mass is 35.5. The van der Waals surface area contributed by atoms with E-state index in [1.54, 1.807) is 7.05 Å². The summed E-state index contributed by atoms with van der Waals surface area (Å²) in [7, 11) is 1.80. The van der Waals surface area contributed by atoms with Gasteiger partial charge < -0.3 is 5.32 Å². The van der Waals surface area contributed by atoms with Crippen LogP contribution in [0.2, 0.25) is 5.02 Å². The number of nitrogens with one attached hydrogen (secondary N) is 1. The molecule has 0 saturated heterocycles. The Hall–Kier alpha value is -1.26. The molecule has 1 N–H and O–H groups in total. The van der Waals surface area contributed by atoms with Crippen molar-refractivity contribution in [2.45, 2.75) is 16.8 Å². The second-order valence-electron chi connectivity index (χ2n) is 3.45. The van der Waals surface area contributed by atoms with Gasteiger partial charge in [-0.05, 0) is 25.1 Å². The third kappa shape index (κ3) is 3.11. The lowest BCUT2D eigenvalue weighted by Crippen LogP contribution is -1.98. The van der Waals surface area contributed by atoms with Gasteiger partial charge in [0.2, 0.25) is 5.95 Å². The highest BCUT2D eigenvalue weighted by Gasteiger charge is 2.05.